The minimum Gasteiger partial charge on any atom is -0.433 e. The van der Waals surface area contributed by atoms with Crippen LogP contribution in [0.5, 0.6) is 0 Å². The zero-order valence-electron chi connectivity index (χ0n) is 36.2. The predicted octanol–water partition coefficient (Wildman–Crippen LogP) is 16.5. The van der Waals surface area contributed by atoms with Gasteiger partial charge in [0, 0.05) is 0 Å². The molecule has 0 aliphatic heterocycles. The molecule has 0 saturated heterocycles. The number of para-hydroxylation sites is 1. The highest BCUT2D eigenvalue weighted by molar-refractivity contribution is 5.74. The van der Waals surface area contributed by atoms with Gasteiger partial charge in [0.25, 0.3) is 0 Å². The fourth-order valence-corrected chi connectivity index (χ4v) is 7.32. The van der Waals surface area contributed by atoms with Crippen molar-refractivity contribution in [1.82, 2.24) is 15.2 Å². The van der Waals surface area contributed by atoms with Crippen LogP contribution in [0.2, 0.25) is 0 Å². The lowest BCUT2D eigenvalue weighted by atomic mass is 10.0. The Labute approximate surface area is 335 Å². The van der Waals surface area contributed by atoms with Crippen molar-refractivity contribution in [2.45, 2.75) is 258 Å². The van der Waals surface area contributed by atoms with E-state index in [0.717, 1.165) is 17.7 Å². The number of nitrogens with zero attached hydrogens (tertiary/aromatic N) is 3. The molecule has 0 fully saturated rings. The molecule has 0 bridgehead atoms. The maximum atomic E-state index is 11.8. The molecule has 6 heteroatoms. The van der Waals surface area contributed by atoms with Crippen LogP contribution in [0.4, 0.5) is 4.79 Å². The van der Waals surface area contributed by atoms with Gasteiger partial charge >= 0.3 is 6.16 Å². The minimum atomic E-state index is -0.738. The highest BCUT2D eigenvalue weighted by atomic mass is 16.8. The van der Waals surface area contributed by atoms with E-state index in [9.17, 15) is 4.79 Å². The largest absolute Gasteiger partial charge is 0.535 e. The van der Waals surface area contributed by atoms with Gasteiger partial charge in [-0.15, -0.1) is 5.10 Å². The first kappa shape index (κ1) is 49.9. The summed E-state index contributed by atoms with van der Waals surface area (Å²) in [6.45, 7) is 7.26. The molecule has 0 unspecified atom stereocenters. The lowest BCUT2D eigenvalue weighted by molar-refractivity contribution is 0.0385. The third-order valence-corrected chi connectivity index (χ3v) is 10.9. The van der Waals surface area contributed by atoms with Gasteiger partial charge in [0.05, 0.1) is 6.61 Å². The van der Waals surface area contributed by atoms with Gasteiger partial charge in [0.15, 0.2) is 0 Å². The molecular weight excluding hydrogens is 667 g/mol. The van der Waals surface area contributed by atoms with E-state index in [1.807, 2.05) is 18.2 Å². The van der Waals surface area contributed by atoms with Crippen LogP contribution in [-0.4, -0.2) is 27.9 Å². The molecule has 0 atom stereocenters. The van der Waals surface area contributed by atoms with Crippen LogP contribution in [0.3, 0.4) is 0 Å². The molecule has 0 aliphatic rings. The molecule has 314 valence electrons. The van der Waals surface area contributed by atoms with Crippen LogP contribution in [0.25, 0.3) is 11.0 Å². The molecule has 54 heavy (non-hydrogen) atoms. The summed E-state index contributed by atoms with van der Waals surface area (Å²) in [7, 11) is 0. The maximum Gasteiger partial charge on any atom is 0.535 e. The van der Waals surface area contributed by atoms with E-state index in [1.165, 1.54) is 225 Å². The number of carbonyl (C=O) groups excluding carboxylic acids is 1. The third-order valence-electron chi connectivity index (χ3n) is 10.9. The highest BCUT2D eigenvalue weighted by Crippen LogP contribution is 2.16. The number of rotatable bonds is 38. The Kier molecular flexibility index (Phi) is 37.5. The van der Waals surface area contributed by atoms with Crippen molar-refractivity contribution < 1.29 is 14.4 Å². The molecule has 6 nitrogen and oxygen atoms in total. The number of hydrogen-bond donors (Lipinski definition) is 0. The van der Waals surface area contributed by atoms with E-state index in [4.69, 9.17) is 9.57 Å². The minimum absolute atomic E-state index is 0.379. The Morgan fingerprint density at radius 3 is 1.07 bits per heavy atom. The number of hydrogen-bond acceptors (Lipinski definition) is 5. The molecule has 1 heterocycles. The number of ether oxygens (including phenoxy) is 1. The maximum absolute atomic E-state index is 11.8. The molecular formula is C48H89N3O3. The number of benzene rings is 1. The van der Waals surface area contributed by atoms with Crippen LogP contribution in [0, 0.1) is 0 Å². The topological polar surface area (TPSA) is 66.2 Å². The van der Waals surface area contributed by atoms with E-state index >= 15 is 0 Å². The van der Waals surface area contributed by atoms with Crippen molar-refractivity contribution in [3.63, 3.8) is 0 Å². The Morgan fingerprint density at radius 1 is 0.444 bits per heavy atom. The molecule has 0 N–H and O–H groups in total. The molecule has 0 saturated carbocycles. The van der Waals surface area contributed by atoms with Crippen molar-refractivity contribution in [3.8, 4) is 0 Å². The second kappa shape index (κ2) is 40.6. The zero-order chi connectivity index (χ0) is 38.8. The van der Waals surface area contributed by atoms with Crippen molar-refractivity contribution in [1.29, 1.82) is 0 Å². The van der Waals surface area contributed by atoms with Crippen molar-refractivity contribution in [2.75, 3.05) is 6.61 Å². The lowest BCUT2D eigenvalue weighted by Gasteiger charge is -2.05. The molecule has 0 spiro atoms. The van der Waals surface area contributed by atoms with E-state index in [0.29, 0.717) is 17.6 Å². The van der Waals surface area contributed by atoms with Gasteiger partial charge < -0.3 is 4.74 Å². The SMILES string of the molecule is CCCCCCCCCCCCCCCCCCCC.CCCCCCCCCCCCCCCCCCCCCOC(=O)On1nnc2ccccc21. The lowest BCUT2D eigenvalue weighted by Crippen LogP contribution is -2.22. The predicted molar refractivity (Wildman–Crippen MR) is 233 cm³/mol. The molecule has 0 aliphatic carbocycles. The quantitative estimate of drug-likeness (QED) is 0.0388. The van der Waals surface area contributed by atoms with E-state index in [1.54, 1.807) is 6.07 Å². The summed E-state index contributed by atoms with van der Waals surface area (Å²) < 4.78 is 5.15. The standard InChI is InChI=1S/C28H47N3O3.C20H42/c1-2-3-4-5-6-7-8-9-10-11-12-13-14-15-16-17-18-19-22-25-33-28(32)34-31-27-24-21-20-23-26(27)29-30-31;1-3-5-7-9-11-13-15-17-19-20-18-16-14-12-10-8-6-4-2/h20-21,23-24H,2-19,22,25H2,1H3;3-20H2,1-2H3. The molecule has 1 aromatic heterocycles. The van der Waals surface area contributed by atoms with Gasteiger partial charge in [0.1, 0.15) is 11.0 Å². The highest BCUT2D eigenvalue weighted by Gasteiger charge is 2.10. The Hall–Kier alpha value is -2.11. The fraction of sp³-hybridized carbons (Fsp3) is 0.854. The first-order valence-electron chi connectivity index (χ1n) is 23.9. The summed E-state index contributed by atoms with van der Waals surface area (Å²) in [6.07, 6.45) is 51.2. The Bertz CT molecular complexity index is 1020. The molecule has 0 amide bonds. The molecule has 2 aromatic rings. The van der Waals surface area contributed by atoms with Crippen molar-refractivity contribution >= 4 is 17.2 Å². The summed E-state index contributed by atoms with van der Waals surface area (Å²) in [5.74, 6) is 0. The van der Waals surface area contributed by atoms with E-state index in [2.05, 4.69) is 31.1 Å². The van der Waals surface area contributed by atoms with Crippen LogP contribution in [0.1, 0.15) is 258 Å². The molecule has 2 rings (SSSR count). The Morgan fingerprint density at radius 2 is 0.741 bits per heavy atom. The summed E-state index contributed by atoms with van der Waals surface area (Å²) in [4.78, 5) is 18.0. The normalized spacial score (nSPS) is 11.2. The number of carbonyl (C=O) groups is 1. The van der Waals surface area contributed by atoms with Crippen molar-refractivity contribution in [2.24, 2.45) is 0 Å². The summed E-state index contributed by atoms with van der Waals surface area (Å²) in [5, 5.41) is 7.75. The molecule has 0 radical (unpaired) electrons. The Balaban J connectivity index is 0.000000623. The van der Waals surface area contributed by atoms with Gasteiger partial charge in [-0.25, -0.2) is 4.79 Å². The zero-order valence-corrected chi connectivity index (χ0v) is 36.2. The average molecular weight is 756 g/mol. The second-order valence-electron chi connectivity index (χ2n) is 16.2. The van der Waals surface area contributed by atoms with Gasteiger partial charge in [-0.3, -0.25) is 4.84 Å². The summed E-state index contributed by atoms with van der Waals surface area (Å²) >= 11 is 0. The van der Waals surface area contributed by atoms with Crippen LogP contribution in [0.15, 0.2) is 24.3 Å². The van der Waals surface area contributed by atoms with Gasteiger partial charge in [0.2, 0.25) is 0 Å². The monoisotopic (exact) mass is 756 g/mol. The van der Waals surface area contributed by atoms with Gasteiger partial charge in [-0.1, -0.05) is 269 Å². The average Bonchev–Trinajstić information content (AvgIpc) is 3.59. The summed E-state index contributed by atoms with van der Waals surface area (Å²) in [6, 6.07) is 7.31. The first-order valence-corrected chi connectivity index (χ1v) is 23.9. The van der Waals surface area contributed by atoms with Crippen LogP contribution in [-0.2, 0) is 4.74 Å². The third kappa shape index (κ3) is 32.2. The number of aromatic nitrogens is 3. The van der Waals surface area contributed by atoms with Crippen LogP contribution >= 0.6 is 0 Å². The van der Waals surface area contributed by atoms with Gasteiger partial charge in [-0.2, -0.15) is 0 Å². The van der Waals surface area contributed by atoms with E-state index < -0.39 is 6.16 Å². The first-order chi connectivity index (χ1) is 26.7. The molecule has 1 aromatic carbocycles. The fourth-order valence-electron chi connectivity index (χ4n) is 7.32. The van der Waals surface area contributed by atoms with E-state index in [-0.39, 0.29) is 0 Å². The van der Waals surface area contributed by atoms with Gasteiger partial charge in [-0.05, 0) is 23.8 Å². The number of unbranched alkanes of at least 4 members (excludes halogenated alkanes) is 35. The van der Waals surface area contributed by atoms with Crippen LogP contribution < -0.4 is 4.84 Å². The number of fused-ring (bicyclic) bond motifs is 1. The smallest absolute Gasteiger partial charge is 0.433 e. The summed E-state index contributed by atoms with van der Waals surface area (Å²) in [5.41, 5.74) is 1.32. The van der Waals surface area contributed by atoms with Crippen molar-refractivity contribution in [3.05, 3.63) is 24.3 Å². The second-order valence-corrected chi connectivity index (χ2v) is 16.2.